The maximum atomic E-state index is 5.65. The predicted octanol–water partition coefficient (Wildman–Crippen LogP) is 1.10. The fourth-order valence-electron chi connectivity index (χ4n) is 2.10. The normalized spacial score (nSPS) is 28.2. The molecule has 1 aliphatic carbocycles. The van der Waals surface area contributed by atoms with Crippen molar-refractivity contribution < 1.29 is 4.74 Å². The van der Waals surface area contributed by atoms with Gasteiger partial charge in [-0.3, -0.25) is 4.90 Å². The van der Waals surface area contributed by atoms with E-state index in [1.54, 1.807) is 0 Å². The van der Waals surface area contributed by atoms with Gasteiger partial charge in [0.25, 0.3) is 0 Å². The van der Waals surface area contributed by atoms with Crippen molar-refractivity contribution in [3.05, 3.63) is 0 Å². The van der Waals surface area contributed by atoms with Crippen LogP contribution in [-0.2, 0) is 4.74 Å². The van der Waals surface area contributed by atoms with Gasteiger partial charge in [0.1, 0.15) is 0 Å². The molecule has 0 aromatic carbocycles. The van der Waals surface area contributed by atoms with Gasteiger partial charge in [-0.1, -0.05) is 6.92 Å². The number of hydrogen-bond acceptors (Lipinski definition) is 3. The molecule has 88 valence electrons. The van der Waals surface area contributed by atoms with Crippen molar-refractivity contribution in [2.75, 3.05) is 39.3 Å². The second-order valence-corrected chi connectivity index (χ2v) is 4.85. The second-order valence-electron chi connectivity index (χ2n) is 4.85. The van der Waals surface area contributed by atoms with E-state index in [1.807, 2.05) is 0 Å². The van der Waals surface area contributed by atoms with Gasteiger partial charge in [0.05, 0.1) is 12.7 Å². The van der Waals surface area contributed by atoms with Crippen LogP contribution >= 0.6 is 0 Å². The summed E-state index contributed by atoms with van der Waals surface area (Å²) in [5.74, 6) is 0.998. The molecule has 1 saturated heterocycles. The Morgan fingerprint density at radius 2 is 2.27 bits per heavy atom. The highest BCUT2D eigenvalue weighted by atomic mass is 16.5. The minimum atomic E-state index is 0.474. The summed E-state index contributed by atoms with van der Waals surface area (Å²) in [5, 5.41) is 3.54. The summed E-state index contributed by atoms with van der Waals surface area (Å²) in [6.45, 7) is 8.94. The van der Waals surface area contributed by atoms with Crippen molar-refractivity contribution in [1.82, 2.24) is 10.2 Å². The van der Waals surface area contributed by atoms with Crippen molar-refractivity contribution in [1.29, 1.82) is 0 Å². The lowest BCUT2D eigenvalue weighted by molar-refractivity contribution is -0.0290. The number of nitrogens with zero attached hydrogens (tertiary/aromatic N) is 1. The van der Waals surface area contributed by atoms with E-state index in [9.17, 15) is 0 Å². The molecular formula is C12H24N2O. The Morgan fingerprint density at radius 1 is 1.40 bits per heavy atom. The lowest BCUT2D eigenvalue weighted by Gasteiger charge is -2.32. The molecule has 1 saturated carbocycles. The molecule has 0 aromatic rings. The predicted molar refractivity (Wildman–Crippen MR) is 62.1 cm³/mol. The lowest BCUT2D eigenvalue weighted by atomic mass is 10.2. The van der Waals surface area contributed by atoms with Crippen LogP contribution in [0.1, 0.15) is 26.2 Å². The molecular weight excluding hydrogens is 188 g/mol. The first-order valence-electron chi connectivity index (χ1n) is 6.43. The molecule has 0 bridgehead atoms. The van der Waals surface area contributed by atoms with Crippen LogP contribution in [0.25, 0.3) is 0 Å². The SMILES string of the molecule is CCC1CN(CCNCC2CC2)CCO1. The molecule has 3 heteroatoms. The van der Waals surface area contributed by atoms with Crippen LogP contribution < -0.4 is 5.32 Å². The van der Waals surface area contributed by atoms with Crippen LogP contribution in [0, 0.1) is 5.92 Å². The van der Waals surface area contributed by atoms with Gasteiger partial charge in [-0.25, -0.2) is 0 Å². The Kier molecular flexibility index (Phi) is 4.42. The zero-order valence-electron chi connectivity index (χ0n) is 9.87. The summed E-state index contributed by atoms with van der Waals surface area (Å²) in [5.41, 5.74) is 0. The van der Waals surface area contributed by atoms with Crippen LogP contribution in [0.15, 0.2) is 0 Å². The Bertz CT molecular complexity index is 182. The Hall–Kier alpha value is -0.120. The van der Waals surface area contributed by atoms with Crippen LogP contribution in [-0.4, -0.2) is 50.3 Å². The fraction of sp³-hybridized carbons (Fsp3) is 1.00. The molecule has 1 N–H and O–H groups in total. The number of nitrogens with one attached hydrogen (secondary N) is 1. The van der Waals surface area contributed by atoms with Crippen LogP contribution in [0.3, 0.4) is 0 Å². The number of ether oxygens (including phenoxy) is 1. The Balaban J connectivity index is 1.52. The topological polar surface area (TPSA) is 24.5 Å². The Morgan fingerprint density at radius 3 is 3.00 bits per heavy atom. The van der Waals surface area contributed by atoms with E-state index in [0.717, 1.165) is 38.6 Å². The quantitative estimate of drug-likeness (QED) is 0.667. The second kappa shape index (κ2) is 5.83. The fourth-order valence-corrected chi connectivity index (χ4v) is 2.10. The first-order valence-corrected chi connectivity index (χ1v) is 6.43. The highest BCUT2D eigenvalue weighted by molar-refractivity contribution is 4.76. The van der Waals surface area contributed by atoms with Crippen molar-refractivity contribution >= 4 is 0 Å². The van der Waals surface area contributed by atoms with Gasteiger partial charge in [-0.2, -0.15) is 0 Å². The van der Waals surface area contributed by atoms with E-state index < -0.39 is 0 Å². The average molecular weight is 212 g/mol. The van der Waals surface area contributed by atoms with E-state index >= 15 is 0 Å². The molecule has 1 aliphatic heterocycles. The summed E-state index contributed by atoms with van der Waals surface area (Å²) >= 11 is 0. The minimum absolute atomic E-state index is 0.474. The first-order chi connectivity index (χ1) is 7.38. The monoisotopic (exact) mass is 212 g/mol. The summed E-state index contributed by atoms with van der Waals surface area (Å²) in [7, 11) is 0. The zero-order valence-corrected chi connectivity index (χ0v) is 9.87. The molecule has 1 heterocycles. The third kappa shape index (κ3) is 4.09. The summed E-state index contributed by atoms with van der Waals surface area (Å²) in [6.07, 6.45) is 4.51. The molecule has 15 heavy (non-hydrogen) atoms. The largest absolute Gasteiger partial charge is 0.376 e. The van der Waals surface area contributed by atoms with Crippen molar-refractivity contribution in [2.24, 2.45) is 5.92 Å². The van der Waals surface area contributed by atoms with Gasteiger partial charge < -0.3 is 10.1 Å². The van der Waals surface area contributed by atoms with Crippen LogP contribution in [0.5, 0.6) is 0 Å². The summed E-state index contributed by atoms with van der Waals surface area (Å²) < 4.78 is 5.65. The van der Waals surface area contributed by atoms with E-state index in [1.165, 1.54) is 25.9 Å². The molecule has 0 amide bonds. The highest BCUT2D eigenvalue weighted by Gasteiger charge is 2.21. The van der Waals surface area contributed by atoms with E-state index in [2.05, 4.69) is 17.1 Å². The number of rotatable bonds is 6. The van der Waals surface area contributed by atoms with Gasteiger partial charge >= 0.3 is 0 Å². The molecule has 2 rings (SSSR count). The Labute approximate surface area is 93.2 Å². The van der Waals surface area contributed by atoms with Crippen LogP contribution in [0.2, 0.25) is 0 Å². The van der Waals surface area contributed by atoms with Gasteiger partial charge in [0.15, 0.2) is 0 Å². The van der Waals surface area contributed by atoms with Crippen molar-refractivity contribution in [2.45, 2.75) is 32.3 Å². The van der Waals surface area contributed by atoms with Gasteiger partial charge in [0, 0.05) is 26.2 Å². The van der Waals surface area contributed by atoms with Crippen LogP contribution in [0.4, 0.5) is 0 Å². The van der Waals surface area contributed by atoms with Crippen molar-refractivity contribution in [3.63, 3.8) is 0 Å². The highest BCUT2D eigenvalue weighted by Crippen LogP contribution is 2.27. The van der Waals surface area contributed by atoms with Gasteiger partial charge in [0.2, 0.25) is 0 Å². The van der Waals surface area contributed by atoms with E-state index in [0.29, 0.717) is 6.10 Å². The van der Waals surface area contributed by atoms with E-state index in [-0.39, 0.29) is 0 Å². The molecule has 0 aromatic heterocycles. The molecule has 2 fully saturated rings. The molecule has 0 radical (unpaired) electrons. The van der Waals surface area contributed by atoms with Gasteiger partial charge in [-0.05, 0) is 31.7 Å². The number of morpholine rings is 1. The third-order valence-corrected chi connectivity index (χ3v) is 3.41. The average Bonchev–Trinajstić information content (AvgIpc) is 3.09. The molecule has 1 atom stereocenters. The maximum Gasteiger partial charge on any atom is 0.0700 e. The third-order valence-electron chi connectivity index (χ3n) is 3.41. The minimum Gasteiger partial charge on any atom is -0.376 e. The van der Waals surface area contributed by atoms with E-state index in [4.69, 9.17) is 4.74 Å². The first kappa shape index (κ1) is 11.4. The molecule has 0 spiro atoms. The van der Waals surface area contributed by atoms with Crippen molar-refractivity contribution in [3.8, 4) is 0 Å². The standard InChI is InChI=1S/C12H24N2O/c1-2-12-10-14(7-8-15-12)6-5-13-9-11-3-4-11/h11-13H,2-10H2,1H3. The molecule has 1 unspecified atom stereocenters. The summed E-state index contributed by atoms with van der Waals surface area (Å²) in [6, 6.07) is 0. The number of hydrogen-bond donors (Lipinski definition) is 1. The maximum absolute atomic E-state index is 5.65. The summed E-state index contributed by atoms with van der Waals surface area (Å²) in [4.78, 5) is 2.53. The molecule has 3 nitrogen and oxygen atoms in total. The smallest absolute Gasteiger partial charge is 0.0700 e. The van der Waals surface area contributed by atoms with Gasteiger partial charge in [-0.15, -0.1) is 0 Å². The lowest BCUT2D eigenvalue weighted by Crippen LogP contribution is -2.44. The zero-order chi connectivity index (χ0) is 10.5. The molecule has 2 aliphatic rings.